The lowest BCUT2D eigenvalue weighted by molar-refractivity contribution is -0.385. The maximum atomic E-state index is 13.1. The molecule has 106 valence electrons. The van der Waals surface area contributed by atoms with Crippen molar-refractivity contribution in [2.45, 2.75) is 32.9 Å². The highest BCUT2D eigenvalue weighted by Crippen LogP contribution is 2.19. The molecule has 1 aromatic rings. The first-order valence-corrected chi connectivity index (χ1v) is 7.44. The molecule has 19 heavy (non-hydrogen) atoms. The summed E-state index contributed by atoms with van der Waals surface area (Å²) < 4.78 is 13.1. The average molecular weight is 286 g/mol. The Morgan fingerprint density at radius 3 is 2.89 bits per heavy atom. The Morgan fingerprint density at radius 1 is 1.53 bits per heavy atom. The minimum absolute atomic E-state index is 0.0379. The number of benzene rings is 1. The second kappa shape index (κ2) is 8.12. The van der Waals surface area contributed by atoms with Gasteiger partial charge in [0.25, 0.3) is 5.69 Å². The van der Waals surface area contributed by atoms with E-state index in [1.807, 2.05) is 18.7 Å². The van der Waals surface area contributed by atoms with E-state index in [9.17, 15) is 14.5 Å². The second-order valence-electron chi connectivity index (χ2n) is 4.30. The van der Waals surface area contributed by atoms with Crippen LogP contribution >= 0.6 is 11.8 Å². The average Bonchev–Trinajstić information content (AvgIpc) is 2.36. The number of nitrogens with zero attached hydrogens (tertiary/aromatic N) is 1. The standard InChI is InChI=1S/C13H19FN2O2S/c1-3-19-7-6-10(2)15-9-11-8-12(14)4-5-13(11)16(17)18/h4-5,8,10,15H,3,6-7,9H2,1-2H3. The molecule has 0 aliphatic rings. The minimum Gasteiger partial charge on any atom is -0.310 e. The van der Waals surface area contributed by atoms with Crippen LogP contribution in [-0.2, 0) is 6.54 Å². The molecule has 0 saturated heterocycles. The first-order chi connectivity index (χ1) is 9.04. The van der Waals surface area contributed by atoms with Crippen molar-refractivity contribution >= 4 is 17.4 Å². The fourth-order valence-corrected chi connectivity index (χ4v) is 2.47. The number of hydrogen-bond acceptors (Lipinski definition) is 4. The summed E-state index contributed by atoms with van der Waals surface area (Å²) in [4.78, 5) is 10.4. The number of hydrogen-bond donors (Lipinski definition) is 1. The fraction of sp³-hybridized carbons (Fsp3) is 0.538. The van der Waals surface area contributed by atoms with Gasteiger partial charge in [-0.1, -0.05) is 6.92 Å². The highest BCUT2D eigenvalue weighted by atomic mass is 32.2. The largest absolute Gasteiger partial charge is 0.310 e. The molecule has 1 unspecified atom stereocenters. The maximum Gasteiger partial charge on any atom is 0.274 e. The summed E-state index contributed by atoms with van der Waals surface area (Å²) in [7, 11) is 0. The molecule has 0 spiro atoms. The molecule has 1 atom stereocenters. The Hall–Kier alpha value is -1.14. The van der Waals surface area contributed by atoms with Gasteiger partial charge in [0.15, 0.2) is 0 Å². The van der Waals surface area contributed by atoms with Crippen molar-refractivity contribution in [2.24, 2.45) is 0 Å². The Balaban J connectivity index is 2.56. The van der Waals surface area contributed by atoms with Gasteiger partial charge in [0.1, 0.15) is 5.82 Å². The quantitative estimate of drug-likeness (QED) is 0.452. The van der Waals surface area contributed by atoms with Crippen LogP contribution in [0.5, 0.6) is 0 Å². The summed E-state index contributed by atoms with van der Waals surface area (Å²) in [6.07, 6.45) is 0.988. The molecule has 0 aromatic heterocycles. The van der Waals surface area contributed by atoms with Crippen LogP contribution in [0.15, 0.2) is 18.2 Å². The first kappa shape index (κ1) is 15.9. The number of nitro benzene ring substituents is 1. The predicted octanol–water partition coefficient (Wildman–Crippen LogP) is 3.36. The molecule has 1 rings (SSSR count). The Labute approximate surface area is 116 Å². The van der Waals surface area contributed by atoms with E-state index in [1.54, 1.807) is 0 Å². The zero-order valence-corrected chi connectivity index (χ0v) is 12.0. The van der Waals surface area contributed by atoms with Gasteiger partial charge < -0.3 is 5.32 Å². The van der Waals surface area contributed by atoms with Crippen LogP contribution in [0.25, 0.3) is 0 Å². The fourth-order valence-electron chi connectivity index (χ4n) is 1.66. The molecule has 1 N–H and O–H groups in total. The number of rotatable bonds is 8. The van der Waals surface area contributed by atoms with Crippen LogP contribution < -0.4 is 5.32 Å². The second-order valence-corrected chi connectivity index (χ2v) is 5.69. The summed E-state index contributed by atoms with van der Waals surface area (Å²) in [6.45, 7) is 4.45. The summed E-state index contributed by atoms with van der Waals surface area (Å²) in [5, 5.41) is 14.0. The van der Waals surface area contributed by atoms with Crippen molar-refractivity contribution in [2.75, 3.05) is 11.5 Å². The number of nitrogens with one attached hydrogen (secondary N) is 1. The van der Waals surface area contributed by atoms with Gasteiger partial charge in [-0.05, 0) is 37.0 Å². The Bertz CT molecular complexity index is 429. The lowest BCUT2D eigenvalue weighted by atomic mass is 10.1. The highest BCUT2D eigenvalue weighted by Gasteiger charge is 2.14. The van der Waals surface area contributed by atoms with Gasteiger partial charge in [0.2, 0.25) is 0 Å². The molecule has 0 saturated carbocycles. The van der Waals surface area contributed by atoms with Crippen molar-refractivity contribution < 1.29 is 9.31 Å². The zero-order chi connectivity index (χ0) is 14.3. The van der Waals surface area contributed by atoms with E-state index in [1.165, 1.54) is 12.1 Å². The third-order valence-electron chi connectivity index (χ3n) is 2.78. The van der Waals surface area contributed by atoms with E-state index in [0.717, 1.165) is 24.0 Å². The SMILES string of the molecule is CCSCCC(C)NCc1cc(F)ccc1[N+](=O)[O-]. The van der Waals surface area contributed by atoms with Crippen LogP contribution in [0.2, 0.25) is 0 Å². The van der Waals surface area contributed by atoms with E-state index in [-0.39, 0.29) is 11.7 Å². The molecule has 4 nitrogen and oxygen atoms in total. The molecule has 0 aliphatic carbocycles. The predicted molar refractivity (Wildman–Crippen MR) is 77.0 cm³/mol. The van der Waals surface area contributed by atoms with Crippen LogP contribution in [0, 0.1) is 15.9 Å². The van der Waals surface area contributed by atoms with Crippen LogP contribution in [0.1, 0.15) is 25.8 Å². The number of thioether (sulfide) groups is 1. The highest BCUT2D eigenvalue weighted by molar-refractivity contribution is 7.99. The van der Waals surface area contributed by atoms with Gasteiger partial charge in [-0.15, -0.1) is 0 Å². The van der Waals surface area contributed by atoms with Gasteiger partial charge in [-0.2, -0.15) is 11.8 Å². The van der Waals surface area contributed by atoms with E-state index in [4.69, 9.17) is 0 Å². The third kappa shape index (κ3) is 5.57. The van der Waals surface area contributed by atoms with Crippen molar-refractivity contribution in [1.82, 2.24) is 5.32 Å². The summed E-state index contributed by atoms with van der Waals surface area (Å²) in [5.74, 6) is 1.69. The molecule has 0 aliphatic heterocycles. The molecule has 0 heterocycles. The molecule has 0 radical (unpaired) electrons. The van der Waals surface area contributed by atoms with Crippen molar-refractivity contribution in [3.63, 3.8) is 0 Å². The zero-order valence-electron chi connectivity index (χ0n) is 11.2. The Morgan fingerprint density at radius 2 is 2.26 bits per heavy atom. The summed E-state index contributed by atoms with van der Waals surface area (Å²) >= 11 is 1.86. The van der Waals surface area contributed by atoms with E-state index >= 15 is 0 Å². The number of halogens is 1. The molecule has 0 fully saturated rings. The molecular formula is C13H19FN2O2S. The third-order valence-corrected chi connectivity index (χ3v) is 3.71. The van der Waals surface area contributed by atoms with Gasteiger partial charge >= 0.3 is 0 Å². The van der Waals surface area contributed by atoms with Gasteiger partial charge in [0, 0.05) is 24.2 Å². The van der Waals surface area contributed by atoms with Gasteiger partial charge in [-0.3, -0.25) is 10.1 Å². The van der Waals surface area contributed by atoms with Crippen LogP contribution in [0.4, 0.5) is 10.1 Å². The minimum atomic E-state index is -0.478. The monoisotopic (exact) mass is 286 g/mol. The Kier molecular flexibility index (Phi) is 6.80. The van der Waals surface area contributed by atoms with Crippen molar-refractivity contribution in [3.8, 4) is 0 Å². The molecule has 0 bridgehead atoms. The van der Waals surface area contributed by atoms with Crippen molar-refractivity contribution in [3.05, 3.63) is 39.7 Å². The van der Waals surface area contributed by atoms with Crippen molar-refractivity contribution in [1.29, 1.82) is 0 Å². The van der Waals surface area contributed by atoms with Crippen LogP contribution in [0.3, 0.4) is 0 Å². The smallest absolute Gasteiger partial charge is 0.274 e. The molecule has 1 aromatic carbocycles. The molecule has 0 amide bonds. The maximum absolute atomic E-state index is 13.1. The van der Waals surface area contributed by atoms with E-state index in [2.05, 4.69) is 12.2 Å². The summed E-state index contributed by atoms with van der Waals surface area (Å²) in [6, 6.07) is 3.80. The number of nitro groups is 1. The molecular weight excluding hydrogens is 267 g/mol. The van der Waals surface area contributed by atoms with Crippen LogP contribution in [-0.4, -0.2) is 22.5 Å². The lowest BCUT2D eigenvalue weighted by Crippen LogP contribution is -2.26. The van der Waals surface area contributed by atoms with Gasteiger partial charge in [-0.25, -0.2) is 4.39 Å². The van der Waals surface area contributed by atoms with E-state index < -0.39 is 10.7 Å². The molecule has 6 heteroatoms. The van der Waals surface area contributed by atoms with E-state index in [0.29, 0.717) is 12.1 Å². The first-order valence-electron chi connectivity index (χ1n) is 6.28. The van der Waals surface area contributed by atoms with Gasteiger partial charge in [0.05, 0.1) is 4.92 Å². The lowest BCUT2D eigenvalue weighted by Gasteiger charge is -2.13. The summed E-state index contributed by atoms with van der Waals surface area (Å²) in [5.41, 5.74) is 0.351. The normalized spacial score (nSPS) is 12.4. The topological polar surface area (TPSA) is 55.2 Å².